The third-order valence-electron chi connectivity index (χ3n) is 5.64. The van der Waals surface area contributed by atoms with Gasteiger partial charge in [-0.25, -0.2) is 4.98 Å². The van der Waals surface area contributed by atoms with Crippen LogP contribution in [0.4, 0.5) is 5.69 Å². The Bertz CT molecular complexity index is 1170. The molecule has 0 unspecified atom stereocenters. The van der Waals surface area contributed by atoms with Crippen molar-refractivity contribution in [3.05, 3.63) is 92.6 Å². The van der Waals surface area contributed by atoms with Gasteiger partial charge in [0, 0.05) is 31.1 Å². The molecule has 2 aromatic carbocycles. The Hall–Kier alpha value is -2.96. The molecule has 6 nitrogen and oxygen atoms in total. The quantitative estimate of drug-likeness (QED) is 0.610. The molecule has 1 aliphatic rings. The van der Waals surface area contributed by atoms with Crippen LogP contribution in [0.2, 0.25) is 5.02 Å². The van der Waals surface area contributed by atoms with Crippen molar-refractivity contribution in [2.24, 2.45) is 0 Å². The van der Waals surface area contributed by atoms with Crippen LogP contribution in [0.1, 0.15) is 42.4 Å². The minimum atomic E-state index is -0.301. The minimum Gasteiger partial charge on any atom is -0.323 e. The number of halogens is 1. The molecule has 4 rings (SSSR count). The third-order valence-corrected chi connectivity index (χ3v) is 5.97. The van der Waals surface area contributed by atoms with Crippen LogP contribution in [0.25, 0.3) is 0 Å². The van der Waals surface area contributed by atoms with Gasteiger partial charge in [-0.2, -0.15) is 0 Å². The monoisotopic (exact) mass is 450 g/mol. The molecule has 0 bridgehead atoms. The molecule has 1 N–H and O–H groups in total. The van der Waals surface area contributed by atoms with E-state index in [0.717, 1.165) is 18.8 Å². The molecule has 1 aromatic heterocycles. The number of anilines is 1. The second-order valence-corrected chi connectivity index (χ2v) is 8.82. The highest BCUT2D eigenvalue weighted by Crippen LogP contribution is 2.22. The second kappa shape index (κ2) is 9.67. The van der Waals surface area contributed by atoms with Crippen LogP contribution in [0.15, 0.2) is 59.4 Å². The average Bonchev–Trinajstić information content (AvgIpc) is 2.77. The van der Waals surface area contributed by atoms with E-state index in [2.05, 4.69) is 22.3 Å². The average molecular weight is 451 g/mol. The Morgan fingerprint density at radius 1 is 1.12 bits per heavy atom. The number of carbonyl (C=O) groups excluding carboxylic acids is 1. The van der Waals surface area contributed by atoms with Crippen LogP contribution < -0.4 is 10.9 Å². The van der Waals surface area contributed by atoms with E-state index in [9.17, 15) is 9.59 Å². The molecule has 166 valence electrons. The Labute approximate surface area is 192 Å². The summed E-state index contributed by atoms with van der Waals surface area (Å²) in [7, 11) is 0. The maximum absolute atomic E-state index is 13.4. The summed E-state index contributed by atoms with van der Waals surface area (Å²) >= 11 is 6.15. The fourth-order valence-electron chi connectivity index (χ4n) is 4.07. The Kier molecular flexibility index (Phi) is 6.72. The van der Waals surface area contributed by atoms with Crippen LogP contribution in [-0.4, -0.2) is 26.9 Å². The van der Waals surface area contributed by atoms with E-state index in [-0.39, 0.29) is 23.9 Å². The van der Waals surface area contributed by atoms with Gasteiger partial charge in [-0.1, -0.05) is 67.9 Å². The van der Waals surface area contributed by atoms with Gasteiger partial charge in [-0.3, -0.25) is 19.1 Å². The second-order valence-electron chi connectivity index (χ2n) is 8.42. The number of benzene rings is 2. The molecule has 0 aliphatic carbocycles. The summed E-state index contributed by atoms with van der Waals surface area (Å²) in [4.78, 5) is 33.2. The molecule has 2 heterocycles. The number of nitrogens with zero attached hydrogens (tertiary/aromatic N) is 3. The lowest BCUT2D eigenvalue weighted by Gasteiger charge is -2.29. The summed E-state index contributed by atoms with van der Waals surface area (Å²) in [6, 6.07) is 17.3. The number of aromatic nitrogens is 2. The first kappa shape index (κ1) is 22.2. The summed E-state index contributed by atoms with van der Waals surface area (Å²) in [5.41, 5.74) is 3.19. The summed E-state index contributed by atoms with van der Waals surface area (Å²) < 4.78 is 1.52. The molecule has 1 aliphatic heterocycles. The first-order valence-electron chi connectivity index (χ1n) is 10.9. The zero-order valence-electron chi connectivity index (χ0n) is 18.3. The molecular weight excluding hydrogens is 424 g/mol. The number of rotatable bonds is 6. The highest BCUT2D eigenvalue weighted by Gasteiger charge is 2.25. The van der Waals surface area contributed by atoms with E-state index >= 15 is 0 Å². The molecule has 3 aromatic rings. The van der Waals surface area contributed by atoms with Crippen molar-refractivity contribution in [1.29, 1.82) is 0 Å². The number of carbonyl (C=O) groups is 1. The Morgan fingerprint density at radius 2 is 1.84 bits per heavy atom. The first-order chi connectivity index (χ1) is 15.4. The van der Waals surface area contributed by atoms with Gasteiger partial charge in [0.15, 0.2) is 0 Å². The molecule has 32 heavy (non-hydrogen) atoms. The van der Waals surface area contributed by atoms with E-state index < -0.39 is 0 Å². The van der Waals surface area contributed by atoms with Gasteiger partial charge >= 0.3 is 0 Å². The van der Waals surface area contributed by atoms with E-state index in [1.165, 1.54) is 10.1 Å². The van der Waals surface area contributed by atoms with Crippen LogP contribution in [-0.2, 0) is 30.8 Å². The molecule has 7 heteroatoms. The van der Waals surface area contributed by atoms with Crippen molar-refractivity contribution in [2.45, 2.75) is 45.8 Å². The molecule has 0 radical (unpaired) electrons. The summed E-state index contributed by atoms with van der Waals surface area (Å²) in [5.74, 6) is 0.334. The lowest BCUT2D eigenvalue weighted by atomic mass is 10.0. The van der Waals surface area contributed by atoms with E-state index in [1.54, 1.807) is 24.3 Å². The number of fused-ring (bicyclic) bond motifs is 1. The van der Waals surface area contributed by atoms with Crippen LogP contribution in [0, 0.1) is 0 Å². The van der Waals surface area contributed by atoms with Crippen LogP contribution in [0.5, 0.6) is 0 Å². The fraction of sp³-hybridized carbons (Fsp3) is 0.320. The van der Waals surface area contributed by atoms with E-state index in [4.69, 9.17) is 16.6 Å². The Balaban J connectivity index is 1.57. The molecule has 0 atom stereocenters. The van der Waals surface area contributed by atoms with Gasteiger partial charge in [0.05, 0.1) is 16.4 Å². The minimum absolute atomic E-state index is 0.00520. The van der Waals surface area contributed by atoms with Gasteiger partial charge in [-0.05, 0) is 24.1 Å². The topological polar surface area (TPSA) is 67.2 Å². The van der Waals surface area contributed by atoms with E-state index in [1.807, 2.05) is 32.0 Å². The maximum atomic E-state index is 13.4. The first-order valence-corrected chi connectivity index (χ1v) is 11.2. The van der Waals surface area contributed by atoms with Crippen molar-refractivity contribution in [2.75, 3.05) is 11.9 Å². The van der Waals surface area contributed by atoms with Crippen molar-refractivity contribution in [1.82, 2.24) is 14.5 Å². The van der Waals surface area contributed by atoms with Crippen molar-refractivity contribution >= 4 is 23.2 Å². The smallest absolute Gasteiger partial charge is 0.257 e. The molecular formula is C25H27ClN4O2. The molecule has 0 saturated carbocycles. The van der Waals surface area contributed by atoms with Crippen molar-refractivity contribution < 1.29 is 4.79 Å². The maximum Gasteiger partial charge on any atom is 0.257 e. The summed E-state index contributed by atoms with van der Waals surface area (Å²) in [6.07, 6.45) is 0.624. The highest BCUT2D eigenvalue weighted by molar-refractivity contribution is 6.33. The Morgan fingerprint density at radius 3 is 2.56 bits per heavy atom. The zero-order valence-corrected chi connectivity index (χ0v) is 19.1. The largest absolute Gasteiger partial charge is 0.323 e. The number of hydrogen-bond acceptors (Lipinski definition) is 4. The van der Waals surface area contributed by atoms with Crippen LogP contribution >= 0.6 is 11.6 Å². The predicted octanol–water partition coefficient (Wildman–Crippen LogP) is 4.22. The lowest BCUT2D eigenvalue weighted by molar-refractivity contribution is -0.116. The fourth-order valence-corrected chi connectivity index (χ4v) is 4.25. The van der Waals surface area contributed by atoms with Gasteiger partial charge in [0.25, 0.3) is 5.56 Å². The third kappa shape index (κ3) is 4.92. The van der Waals surface area contributed by atoms with Gasteiger partial charge in [0.1, 0.15) is 12.4 Å². The number of nitrogens with one attached hydrogen (secondary N) is 1. The number of amides is 1. The summed E-state index contributed by atoms with van der Waals surface area (Å²) in [6.45, 7) is 6.12. The van der Waals surface area contributed by atoms with Crippen LogP contribution in [0.3, 0.4) is 0 Å². The van der Waals surface area contributed by atoms with E-state index in [0.29, 0.717) is 35.1 Å². The molecule has 1 amide bonds. The number of hydrogen-bond donors (Lipinski definition) is 1. The summed E-state index contributed by atoms with van der Waals surface area (Å²) in [5, 5.41) is 3.26. The predicted molar refractivity (Wildman–Crippen MR) is 127 cm³/mol. The standard InChI is InChI=1S/C25H27ClN4O2/c1-17(2)24-28-22-15-29(14-18-8-4-3-5-9-18)13-12-19(22)25(32)30(24)16-23(31)27-21-11-7-6-10-20(21)26/h3-11,17H,12-16H2,1-2H3,(H,27,31). The lowest BCUT2D eigenvalue weighted by Crippen LogP contribution is -2.40. The van der Waals surface area contributed by atoms with Gasteiger partial charge in [0.2, 0.25) is 5.91 Å². The van der Waals surface area contributed by atoms with Crippen molar-refractivity contribution in [3.8, 4) is 0 Å². The SMILES string of the molecule is CC(C)c1nc2c(c(=O)n1CC(=O)Nc1ccccc1Cl)CCN(Cc1ccccc1)C2. The molecule has 0 spiro atoms. The van der Waals surface area contributed by atoms with Gasteiger partial charge < -0.3 is 5.32 Å². The normalized spacial score (nSPS) is 13.8. The molecule has 0 fully saturated rings. The highest BCUT2D eigenvalue weighted by atomic mass is 35.5. The number of para-hydroxylation sites is 1. The zero-order chi connectivity index (χ0) is 22.7. The molecule has 0 saturated heterocycles. The van der Waals surface area contributed by atoms with Crippen molar-refractivity contribution in [3.63, 3.8) is 0 Å². The van der Waals surface area contributed by atoms with Gasteiger partial charge in [-0.15, -0.1) is 0 Å².